The number of nitrogens with zero attached hydrogens (tertiary/aromatic N) is 2. The Morgan fingerprint density at radius 3 is 2.76 bits per heavy atom. The third kappa shape index (κ3) is 6.04. The maximum absolute atomic E-state index is 12.1. The van der Waals surface area contributed by atoms with E-state index in [9.17, 15) is 9.59 Å². The van der Waals surface area contributed by atoms with Crippen molar-refractivity contribution in [1.29, 1.82) is 0 Å². The van der Waals surface area contributed by atoms with Gasteiger partial charge in [0.1, 0.15) is 12.8 Å². The zero-order valence-electron chi connectivity index (χ0n) is 14.6. The minimum absolute atomic E-state index is 0.0396. The Morgan fingerprint density at radius 2 is 2.08 bits per heavy atom. The Labute approximate surface area is 147 Å². The zero-order valence-corrected chi connectivity index (χ0v) is 14.6. The number of hydrogen-bond acceptors (Lipinski definition) is 7. The molecule has 2 rings (SSSR count). The number of esters is 1. The van der Waals surface area contributed by atoms with Crippen molar-refractivity contribution in [3.8, 4) is 0 Å². The summed E-state index contributed by atoms with van der Waals surface area (Å²) < 4.78 is 11.3. The highest BCUT2D eigenvalue weighted by molar-refractivity contribution is 5.98. The van der Waals surface area contributed by atoms with Crippen LogP contribution in [-0.4, -0.2) is 54.3 Å². The van der Waals surface area contributed by atoms with Crippen molar-refractivity contribution in [2.75, 3.05) is 13.7 Å². The lowest BCUT2D eigenvalue weighted by atomic mass is 9.89. The molecule has 1 heterocycles. The van der Waals surface area contributed by atoms with Crippen molar-refractivity contribution < 1.29 is 24.3 Å². The minimum Gasteiger partial charge on any atom is -0.463 e. The molecular formula is C17H27N3O5. The van der Waals surface area contributed by atoms with Crippen molar-refractivity contribution >= 4 is 18.2 Å². The fourth-order valence-electron chi connectivity index (χ4n) is 3.20. The molecule has 0 bridgehead atoms. The molecule has 0 spiro atoms. The first-order chi connectivity index (χ1) is 12.1. The van der Waals surface area contributed by atoms with Gasteiger partial charge in [-0.25, -0.2) is 0 Å². The van der Waals surface area contributed by atoms with Gasteiger partial charge in [0.25, 0.3) is 0 Å². The van der Waals surface area contributed by atoms with Crippen LogP contribution >= 0.6 is 0 Å². The van der Waals surface area contributed by atoms with Gasteiger partial charge in [0.15, 0.2) is 5.84 Å². The van der Waals surface area contributed by atoms with Crippen LogP contribution in [0.5, 0.6) is 0 Å². The highest BCUT2D eigenvalue weighted by Gasteiger charge is 2.29. The van der Waals surface area contributed by atoms with E-state index in [2.05, 4.69) is 10.5 Å². The first kappa shape index (κ1) is 19.2. The van der Waals surface area contributed by atoms with E-state index in [4.69, 9.17) is 14.7 Å². The van der Waals surface area contributed by atoms with Crippen LogP contribution in [0.15, 0.2) is 17.4 Å². The lowest BCUT2D eigenvalue weighted by Crippen LogP contribution is -2.30. The largest absolute Gasteiger partial charge is 0.463 e. The fourth-order valence-corrected chi connectivity index (χ4v) is 3.20. The van der Waals surface area contributed by atoms with Crippen molar-refractivity contribution in [2.45, 2.75) is 57.3 Å². The summed E-state index contributed by atoms with van der Waals surface area (Å²) in [7, 11) is 1.83. The first-order valence-electron chi connectivity index (χ1n) is 8.78. The summed E-state index contributed by atoms with van der Waals surface area (Å²) in [5.41, 5.74) is 0. The van der Waals surface area contributed by atoms with E-state index in [1.165, 1.54) is 12.5 Å². The number of nitrogens with one attached hydrogen (secondary N) is 1. The molecule has 1 saturated carbocycles. The maximum Gasteiger partial charge on any atom is 0.309 e. The summed E-state index contributed by atoms with van der Waals surface area (Å²) in [6, 6.07) is 0. The molecule has 25 heavy (non-hydrogen) atoms. The number of rotatable bonds is 7. The van der Waals surface area contributed by atoms with Crippen LogP contribution in [0.4, 0.5) is 0 Å². The molecule has 0 aromatic rings. The van der Waals surface area contributed by atoms with E-state index in [-0.39, 0.29) is 30.1 Å². The van der Waals surface area contributed by atoms with E-state index < -0.39 is 0 Å². The molecule has 8 nitrogen and oxygen atoms in total. The lowest BCUT2D eigenvalue weighted by molar-refractivity contribution is -0.154. The second-order valence-corrected chi connectivity index (χ2v) is 6.48. The second-order valence-electron chi connectivity index (χ2n) is 6.48. The first-order valence-corrected chi connectivity index (χ1v) is 8.78. The van der Waals surface area contributed by atoms with Gasteiger partial charge in [0.2, 0.25) is 6.41 Å². The Balaban J connectivity index is 1.72. The van der Waals surface area contributed by atoms with Gasteiger partial charge >= 0.3 is 5.97 Å². The number of oxime groups is 1. The number of amides is 1. The van der Waals surface area contributed by atoms with Crippen molar-refractivity contribution in [3.63, 3.8) is 0 Å². The summed E-state index contributed by atoms with van der Waals surface area (Å²) in [4.78, 5) is 24.2. The van der Waals surface area contributed by atoms with Gasteiger partial charge in [-0.2, -0.15) is 0 Å². The molecule has 2 N–H and O–H groups in total. The summed E-state index contributed by atoms with van der Waals surface area (Å²) >= 11 is 0. The van der Waals surface area contributed by atoms with Gasteiger partial charge in [-0.15, -0.1) is 0 Å². The van der Waals surface area contributed by atoms with Crippen molar-refractivity contribution in [3.05, 3.63) is 12.3 Å². The van der Waals surface area contributed by atoms with Gasteiger partial charge in [0, 0.05) is 19.3 Å². The molecule has 140 valence electrons. The lowest BCUT2D eigenvalue weighted by Gasteiger charge is -2.24. The van der Waals surface area contributed by atoms with Gasteiger partial charge in [-0.05, 0) is 25.7 Å². The van der Waals surface area contributed by atoms with Crippen LogP contribution in [-0.2, 0) is 19.1 Å². The molecule has 2 fully saturated rings. The molecule has 2 unspecified atom stereocenters. The summed E-state index contributed by atoms with van der Waals surface area (Å²) in [6.45, 7) is 0.291. The second kappa shape index (κ2) is 10.0. The van der Waals surface area contributed by atoms with E-state index in [0.717, 1.165) is 38.5 Å². The molecule has 2 atom stereocenters. The number of amidine groups is 1. The normalized spacial score (nSPS) is 25.1. The highest BCUT2D eigenvalue weighted by atomic mass is 16.6. The summed E-state index contributed by atoms with van der Waals surface area (Å²) in [5, 5.41) is 13.9. The smallest absolute Gasteiger partial charge is 0.309 e. The quantitative estimate of drug-likeness (QED) is 0.180. The van der Waals surface area contributed by atoms with Crippen LogP contribution in [0.2, 0.25) is 0 Å². The Kier molecular flexibility index (Phi) is 7.72. The van der Waals surface area contributed by atoms with Gasteiger partial charge < -0.3 is 24.9 Å². The Bertz CT molecular complexity index is 503. The molecule has 8 heteroatoms. The number of carbonyl (C=O) groups is 2. The number of hydrogen-bond donors (Lipinski definition) is 2. The Hall–Kier alpha value is -2.09. The van der Waals surface area contributed by atoms with Gasteiger partial charge in [0.05, 0.1) is 12.0 Å². The number of carbonyl (C=O) groups excluding carboxylic acids is 2. The molecule has 1 saturated heterocycles. The van der Waals surface area contributed by atoms with Crippen molar-refractivity contribution in [2.24, 2.45) is 11.1 Å². The molecule has 0 aromatic heterocycles. The maximum atomic E-state index is 12.1. The topological polar surface area (TPSA) is 100 Å². The van der Waals surface area contributed by atoms with Gasteiger partial charge in [-0.1, -0.05) is 24.4 Å². The molecule has 0 aromatic carbocycles. The average molecular weight is 353 g/mol. The zero-order chi connectivity index (χ0) is 18.1. The summed E-state index contributed by atoms with van der Waals surface area (Å²) in [5.74, 6) is -0.000359. The van der Waals surface area contributed by atoms with E-state index >= 15 is 0 Å². The third-order valence-corrected chi connectivity index (χ3v) is 4.67. The fraction of sp³-hybridized carbons (Fsp3) is 0.706. The molecule has 2 aliphatic rings. The SMILES string of the molecule is CN(/C=C\C(=N\O)NC=O)C1CCC(COC(=O)C2CCCCC2)O1. The van der Waals surface area contributed by atoms with Crippen LogP contribution in [0.1, 0.15) is 44.9 Å². The number of ether oxygens (including phenoxy) is 2. The van der Waals surface area contributed by atoms with Crippen LogP contribution in [0.25, 0.3) is 0 Å². The van der Waals surface area contributed by atoms with E-state index in [0.29, 0.717) is 13.0 Å². The standard InChI is InChI=1S/C17H27N3O5/c1-20(10-9-15(19-23)18-12-21)16-8-7-14(25-16)11-24-17(22)13-5-3-2-4-6-13/h9-10,12-14,16,23H,2-8,11H2,1H3,(H,18,19,21)/b10-9-. The third-order valence-electron chi connectivity index (χ3n) is 4.67. The molecular weight excluding hydrogens is 326 g/mol. The van der Waals surface area contributed by atoms with Crippen LogP contribution < -0.4 is 5.32 Å². The van der Waals surface area contributed by atoms with Gasteiger partial charge in [-0.3, -0.25) is 9.59 Å². The molecule has 1 aliphatic carbocycles. The summed E-state index contributed by atoms with van der Waals surface area (Å²) in [6.07, 6.45) is 10.2. The molecule has 0 radical (unpaired) electrons. The minimum atomic E-state index is -0.147. The Morgan fingerprint density at radius 1 is 1.32 bits per heavy atom. The predicted molar refractivity (Wildman–Crippen MR) is 90.8 cm³/mol. The van der Waals surface area contributed by atoms with Crippen molar-refractivity contribution in [1.82, 2.24) is 10.2 Å². The molecule has 1 amide bonds. The van der Waals surface area contributed by atoms with E-state index in [1.54, 1.807) is 6.20 Å². The average Bonchev–Trinajstić information content (AvgIpc) is 3.12. The predicted octanol–water partition coefficient (Wildman–Crippen LogP) is 1.59. The van der Waals surface area contributed by atoms with E-state index in [1.807, 2.05) is 11.9 Å². The monoisotopic (exact) mass is 353 g/mol. The van der Waals surface area contributed by atoms with Crippen LogP contribution in [0, 0.1) is 5.92 Å². The molecule has 1 aliphatic heterocycles. The highest BCUT2D eigenvalue weighted by Crippen LogP contribution is 2.26. The van der Waals surface area contributed by atoms with Crippen LogP contribution in [0.3, 0.4) is 0 Å².